The number of benzene rings is 2. The predicted octanol–water partition coefficient (Wildman–Crippen LogP) is 5.33. The van der Waals surface area contributed by atoms with Gasteiger partial charge in [-0.25, -0.2) is 0 Å². The molecule has 0 aromatic heterocycles. The lowest BCUT2D eigenvalue weighted by molar-refractivity contribution is 0.0948. The molecule has 0 N–H and O–H groups in total. The average molecular weight is 276 g/mol. The summed E-state index contributed by atoms with van der Waals surface area (Å²) < 4.78 is 0. The second kappa shape index (κ2) is 5.33. The van der Waals surface area contributed by atoms with Crippen molar-refractivity contribution in [2.45, 2.75) is 27.2 Å². The number of hydrogen-bond acceptors (Lipinski definition) is 1. The molecule has 1 aliphatic rings. The molecule has 0 spiro atoms. The zero-order chi connectivity index (χ0) is 15.0. The largest absolute Gasteiger partial charge is 0.293 e. The minimum atomic E-state index is -0.0514. The van der Waals surface area contributed by atoms with Crippen molar-refractivity contribution in [1.82, 2.24) is 0 Å². The molecule has 2 aromatic carbocycles. The topological polar surface area (TPSA) is 17.1 Å². The third kappa shape index (κ3) is 2.33. The Hall–Kier alpha value is -2.15. The third-order valence-electron chi connectivity index (χ3n) is 4.67. The fourth-order valence-corrected chi connectivity index (χ4v) is 3.16. The number of rotatable bonds is 3. The van der Waals surface area contributed by atoms with Crippen LogP contribution in [0.2, 0.25) is 0 Å². The lowest BCUT2D eigenvalue weighted by Crippen LogP contribution is -2.14. The summed E-state index contributed by atoms with van der Waals surface area (Å²) in [5, 5.41) is 2.18. The summed E-state index contributed by atoms with van der Waals surface area (Å²) in [4.78, 5) is 12.9. The van der Waals surface area contributed by atoms with Crippen molar-refractivity contribution < 1.29 is 4.79 Å². The zero-order valence-electron chi connectivity index (χ0n) is 12.8. The Balaban J connectivity index is 2.02. The number of fused-ring (bicyclic) bond motifs is 1. The van der Waals surface area contributed by atoms with Crippen LogP contribution < -0.4 is 0 Å². The third-order valence-corrected chi connectivity index (χ3v) is 4.67. The van der Waals surface area contributed by atoms with Crippen molar-refractivity contribution in [3.8, 4) is 0 Å². The van der Waals surface area contributed by atoms with Crippen molar-refractivity contribution >= 4 is 16.6 Å². The Bertz CT molecular complexity index is 772. The molecule has 2 aromatic rings. The van der Waals surface area contributed by atoms with Gasteiger partial charge < -0.3 is 0 Å². The van der Waals surface area contributed by atoms with E-state index in [9.17, 15) is 4.79 Å². The van der Waals surface area contributed by atoms with E-state index in [2.05, 4.69) is 32.1 Å². The van der Waals surface area contributed by atoms with Crippen molar-refractivity contribution in [3.05, 3.63) is 70.8 Å². The van der Waals surface area contributed by atoms with Gasteiger partial charge >= 0.3 is 0 Å². The molecule has 0 saturated heterocycles. The first kappa shape index (κ1) is 13.8. The fourth-order valence-electron chi connectivity index (χ4n) is 3.16. The van der Waals surface area contributed by atoms with Gasteiger partial charge in [0.25, 0.3) is 0 Å². The Morgan fingerprint density at radius 1 is 1.05 bits per heavy atom. The minimum Gasteiger partial charge on any atom is -0.293 e. The monoisotopic (exact) mass is 276 g/mol. The molecule has 1 nitrogen and oxygen atoms in total. The molecule has 0 fully saturated rings. The number of Topliss-reactive ketones (excluding diaryl/α,β-unsaturated/α-hetero) is 1. The van der Waals surface area contributed by atoms with Crippen LogP contribution in [0.25, 0.3) is 10.8 Å². The molecule has 1 atom stereocenters. The van der Waals surface area contributed by atoms with E-state index < -0.39 is 0 Å². The van der Waals surface area contributed by atoms with E-state index in [-0.39, 0.29) is 11.7 Å². The molecule has 0 amide bonds. The highest BCUT2D eigenvalue weighted by Gasteiger charge is 2.24. The molecule has 1 aliphatic carbocycles. The fraction of sp³-hybridized carbons (Fsp3) is 0.250. The van der Waals surface area contributed by atoms with Crippen molar-refractivity contribution in [2.75, 3.05) is 0 Å². The van der Waals surface area contributed by atoms with Gasteiger partial charge in [-0.15, -0.1) is 0 Å². The molecule has 0 bridgehead atoms. The maximum Gasteiger partial charge on any atom is 0.170 e. The molecule has 21 heavy (non-hydrogen) atoms. The summed E-state index contributed by atoms with van der Waals surface area (Å²) in [7, 11) is 0. The molecular formula is C20H20O. The molecule has 0 heterocycles. The Kier molecular flexibility index (Phi) is 3.50. The number of carbonyl (C=O) groups is 1. The first-order valence-electron chi connectivity index (χ1n) is 7.48. The van der Waals surface area contributed by atoms with Crippen LogP contribution in [-0.4, -0.2) is 5.78 Å². The molecule has 0 saturated carbocycles. The van der Waals surface area contributed by atoms with Gasteiger partial charge in [0.1, 0.15) is 0 Å². The normalized spacial score (nSPS) is 16.2. The van der Waals surface area contributed by atoms with Gasteiger partial charge in [-0.2, -0.15) is 0 Å². The number of allylic oxidation sites excluding steroid dienone is 4. The Morgan fingerprint density at radius 3 is 2.48 bits per heavy atom. The summed E-state index contributed by atoms with van der Waals surface area (Å²) >= 11 is 0. The van der Waals surface area contributed by atoms with E-state index in [1.165, 1.54) is 16.7 Å². The van der Waals surface area contributed by atoms with E-state index in [1.807, 2.05) is 37.3 Å². The highest BCUT2D eigenvalue weighted by molar-refractivity contribution is 6.10. The minimum absolute atomic E-state index is 0.0514. The molecule has 0 radical (unpaired) electrons. The van der Waals surface area contributed by atoms with E-state index in [0.29, 0.717) is 0 Å². The van der Waals surface area contributed by atoms with Gasteiger partial charge in [0.05, 0.1) is 0 Å². The van der Waals surface area contributed by atoms with Crippen LogP contribution in [-0.2, 0) is 0 Å². The van der Waals surface area contributed by atoms with E-state index in [1.54, 1.807) is 0 Å². The second-order valence-electron chi connectivity index (χ2n) is 5.85. The highest BCUT2D eigenvalue weighted by Crippen LogP contribution is 2.33. The molecule has 3 rings (SSSR count). The number of ketones is 1. The summed E-state index contributed by atoms with van der Waals surface area (Å²) in [5.41, 5.74) is 4.70. The average Bonchev–Trinajstić information content (AvgIpc) is 2.85. The van der Waals surface area contributed by atoms with E-state index in [0.717, 1.165) is 22.8 Å². The number of carbonyl (C=O) groups excluding carboxylic acids is 1. The lowest BCUT2D eigenvalue weighted by Gasteiger charge is -2.15. The van der Waals surface area contributed by atoms with Gasteiger partial charge in [-0.05, 0) is 36.6 Å². The first-order chi connectivity index (χ1) is 10.1. The Labute approximate surface area is 126 Å². The summed E-state index contributed by atoms with van der Waals surface area (Å²) in [6.07, 6.45) is 3.13. The molecule has 1 heteroatoms. The molecule has 106 valence electrons. The summed E-state index contributed by atoms with van der Waals surface area (Å²) in [6, 6.07) is 14.1. The SMILES string of the molecule is CC1=CCC(C(C)C(=O)c2cccc3ccccc23)=C1C. The van der Waals surface area contributed by atoms with Gasteiger partial charge in [-0.3, -0.25) is 4.79 Å². The quantitative estimate of drug-likeness (QED) is 0.693. The van der Waals surface area contributed by atoms with Crippen LogP contribution in [0.1, 0.15) is 37.6 Å². The van der Waals surface area contributed by atoms with E-state index in [4.69, 9.17) is 0 Å². The van der Waals surface area contributed by atoms with Crippen molar-refractivity contribution in [2.24, 2.45) is 5.92 Å². The second-order valence-corrected chi connectivity index (χ2v) is 5.85. The van der Waals surface area contributed by atoms with Crippen LogP contribution in [0.5, 0.6) is 0 Å². The summed E-state index contributed by atoms with van der Waals surface area (Å²) in [6.45, 7) is 6.29. The van der Waals surface area contributed by atoms with Crippen molar-refractivity contribution in [1.29, 1.82) is 0 Å². The highest BCUT2D eigenvalue weighted by atomic mass is 16.1. The van der Waals surface area contributed by atoms with Gasteiger partial charge in [0.15, 0.2) is 5.78 Å². The molecular weight excluding hydrogens is 256 g/mol. The predicted molar refractivity (Wildman–Crippen MR) is 88.5 cm³/mol. The summed E-state index contributed by atoms with van der Waals surface area (Å²) in [5.74, 6) is 0.175. The van der Waals surface area contributed by atoms with E-state index >= 15 is 0 Å². The van der Waals surface area contributed by atoms with Crippen LogP contribution >= 0.6 is 0 Å². The van der Waals surface area contributed by atoms with Crippen LogP contribution in [0.3, 0.4) is 0 Å². The smallest absolute Gasteiger partial charge is 0.170 e. The number of hydrogen-bond donors (Lipinski definition) is 0. The lowest BCUT2D eigenvalue weighted by atomic mass is 9.87. The Morgan fingerprint density at radius 2 is 1.76 bits per heavy atom. The van der Waals surface area contributed by atoms with Gasteiger partial charge in [-0.1, -0.05) is 66.6 Å². The van der Waals surface area contributed by atoms with Gasteiger partial charge in [0.2, 0.25) is 0 Å². The zero-order valence-corrected chi connectivity index (χ0v) is 12.8. The standard InChI is InChI=1S/C20H20O/c1-13-11-12-17(14(13)2)15(3)20(21)19-10-6-8-16-7-4-5-9-18(16)19/h4-11,15H,12H2,1-3H3. The van der Waals surface area contributed by atoms with Crippen molar-refractivity contribution in [3.63, 3.8) is 0 Å². The maximum atomic E-state index is 12.9. The van der Waals surface area contributed by atoms with Crippen LogP contribution in [0.4, 0.5) is 0 Å². The molecule has 0 aliphatic heterocycles. The van der Waals surface area contributed by atoms with Gasteiger partial charge in [0, 0.05) is 11.5 Å². The molecule has 1 unspecified atom stereocenters. The maximum absolute atomic E-state index is 12.9. The van der Waals surface area contributed by atoms with Crippen LogP contribution in [0.15, 0.2) is 65.3 Å². The van der Waals surface area contributed by atoms with Crippen LogP contribution in [0, 0.1) is 5.92 Å². The first-order valence-corrected chi connectivity index (χ1v) is 7.48.